The van der Waals surface area contributed by atoms with Gasteiger partial charge in [0.2, 0.25) is 10.0 Å². The van der Waals surface area contributed by atoms with E-state index in [-0.39, 0.29) is 0 Å². The SMILES string of the molecule is COC(=O)CCS(=O)(=O)N[C@H](CC(=O)OC)C(=O)O. The summed E-state index contributed by atoms with van der Waals surface area (Å²) < 4.78 is 33.3. The standard InChI is InChI=1S/C9H15NO8S/c1-17-7(11)3-4-19(15,16)10-6(9(13)14)5-8(12)18-2/h6,10H,3-5H2,1-2H3,(H,13,14)/t6-/m1/s1. The first-order valence-electron chi connectivity index (χ1n) is 5.08. The van der Waals surface area contributed by atoms with E-state index in [1.807, 2.05) is 0 Å². The van der Waals surface area contributed by atoms with Crippen LogP contribution in [0.5, 0.6) is 0 Å². The van der Waals surface area contributed by atoms with Crippen molar-refractivity contribution in [3.05, 3.63) is 0 Å². The quantitative estimate of drug-likeness (QED) is 0.516. The minimum Gasteiger partial charge on any atom is -0.480 e. The first-order chi connectivity index (χ1) is 8.71. The van der Waals surface area contributed by atoms with Crippen LogP contribution in [0, 0.1) is 0 Å². The Kier molecular flexibility index (Phi) is 7.01. The van der Waals surface area contributed by atoms with Crippen LogP contribution in [0.3, 0.4) is 0 Å². The van der Waals surface area contributed by atoms with Crippen LogP contribution in [-0.4, -0.2) is 57.4 Å². The highest BCUT2D eigenvalue weighted by atomic mass is 32.2. The molecule has 10 heteroatoms. The molecule has 0 aliphatic heterocycles. The van der Waals surface area contributed by atoms with Gasteiger partial charge >= 0.3 is 17.9 Å². The molecule has 2 N–H and O–H groups in total. The number of hydrogen-bond acceptors (Lipinski definition) is 7. The van der Waals surface area contributed by atoms with Crippen molar-refractivity contribution in [1.29, 1.82) is 0 Å². The third-order valence-electron chi connectivity index (χ3n) is 2.02. The van der Waals surface area contributed by atoms with Crippen LogP contribution in [0.4, 0.5) is 0 Å². The summed E-state index contributed by atoms with van der Waals surface area (Å²) in [6, 6.07) is -1.64. The molecular formula is C9H15NO8S. The van der Waals surface area contributed by atoms with E-state index in [1.165, 1.54) is 0 Å². The molecular weight excluding hydrogens is 282 g/mol. The number of esters is 2. The maximum Gasteiger partial charge on any atom is 0.322 e. The minimum atomic E-state index is -4.02. The van der Waals surface area contributed by atoms with Crippen molar-refractivity contribution >= 4 is 27.9 Å². The van der Waals surface area contributed by atoms with Gasteiger partial charge in [-0.05, 0) is 0 Å². The second-order valence-corrected chi connectivity index (χ2v) is 5.31. The largest absolute Gasteiger partial charge is 0.480 e. The molecule has 0 saturated heterocycles. The Hall–Kier alpha value is -1.68. The van der Waals surface area contributed by atoms with Gasteiger partial charge in [-0.15, -0.1) is 0 Å². The summed E-state index contributed by atoms with van der Waals surface area (Å²) in [7, 11) is -1.88. The van der Waals surface area contributed by atoms with Crippen LogP contribution >= 0.6 is 0 Å². The van der Waals surface area contributed by atoms with E-state index in [4.69, 9.17) is 5.11 Å². The molecule has 0 unspecified atom stereocenters. The van der Waals surface area contributed by atoms with Crippen molar-refractivity contribution in [1.82, 2.24) is 4.72 Å². The summed E-state index contributed by atoms with van der Waals surface area (Å²) in [5.41, 5.74) is 0. The second-order valence-electron chi connectivity index (χ2n) is 3.43. The van der Waals surface area contributed by atoms with Crippen LogP contribution in [0.15, 0.2) is 0 Å². The van der Waals surface area contributed by atoms with Gasteiger partial charge in [0.15, 0.2) is 0 Å². The highest BCUT2D eigenvalue weighted by Gasteiger charge is 2.27. The molecule has 0 amide bonds. The lowest BCUT2D eigenvalue weighted by atomic mass is 10.2. The molecule has 19 heavy (non-hydrogen) atoms. The fourth-order valence-corrected chi connectivity index (χ4v) is 2.20. The Labute approximate surface area is 109 Å². The van der Waals surface area contributed by atoms with E-state index < -0.39 is 52.6 Å². The van der Waals surface area contributed by atoms with Crippen molar-refractivity contribution in [2.24, 2.45) is 0 Å². The molecule has 0 bridgehead atoms. The number of hydrogen-bond donors (Lipinski definition) is 2. The Bertz CT molecular complexity index is 443. The summed E-state index contributed by atoms with van der Waals surface area (Å²) >= 11 is 0. The summed E-state index contributed by atoms with van der Waals surface area (Å²) in [5.74, 6) is -3.77. The summed E-state index contributed by atoms with van der Waals surface area (Å²) in [6.45, 7) is 0. The lowest BCUT2D eigenvalue weighted by Crippen LogP contribution is -2.43. The zero-order valence-corrected chi connectivity index (χ0v) is 11.2. The maximum atomic E-state index is 11.5. The van der Waals surface area contributed by atoms with Crippen LogP contribution < -0.4 is 4.72 Å². The van der Waals surface area contributed by atoms with Gasteiger partial charge < -0.3 is 14.6 Å². The Morgan fingerprint density at radius 1 is 1.16 bits per heavy atom. The normalized spacial score (nSPS) is 12.5. The fraction of sp³-hybridized carbons (Fsp3) is 0.667. The van der Waals surface area contributed by atoms with Gasteiger partial charge in [0, 0.05) is 0 Å². The summed E-state index contributed by atoms with van der Waals surface area (Å²) in [5, 5.41) is 8.78. The summed E-state index contributed by atoms with van der Waals surface area (Å²) in [6.07, 6.45) is -1.07. The van der Waals surface area contributed by atoms with Crippen LogP contribution in [-0.2, 0) is 33.9 Å². The lowest BCUT2D eigenvalue weighted by molar-refractivity contribution is -0.147. The number of rotatable bonds is 8. The Morgan fingerprint density at radius 2 is 1.68 bits per heavy atom. The van der Waals surface area contributed by atoms with Gasteiger partial charge in [-0.1, -0.05) is 0 Å². The van der Waals surface area contributed by atoms with Gasteiger partial charge in [0.05, 0.1) is 32.8 Å². The molecule has 0 heterocycles. The van der Waals surface area contributed by atoms with Gasteiger partial charge in [0.1, 0.15) is 6.04 Å². The summed E-state index contributed by atoms with van der Waals surface area (Å²) in [4.78, 5) is 32.5. The van der Waals surface area contributed by atoms with E-state index in [0.29, 0.717) is 0 Å². The highest BCUT2D eigenvalue weighted by molar-refractivity contribution is 7.89. The predicted molar refractivity (Wildman–Crippen MR) is 61.6 cm³/mol. The smallest absolute Gasteiger partial charge is 0.322 e. The number of carbonyl (C=O) groups excluding carboxylic acids is 2. The number of methoxy groups -OCH3 is 2. The van der Waals surface area contributed by atoms with E-state index >= 15 is 0 Å². The first-order valence-corrected chi connectivity index (χ1v) is 6.73. The average molecular weight is 297 g/mol. The topological polar surface area (TPSA) is 136 Å². The number of ether oxygens (including phenoxy) is 2. The Balaban J connectivity index is 4.61. The van der Waals surface area contributed by atoms with Gasteiger partial charge in [-0.3, -0.25) is 14.4 Å². The van der Waals surface area contributed by atoms with Crippen molar-refractivity contribution in [2.45, 2.75) is 18.9 Å². The molecule has 0 spiro atoms. The molecule has 0 aliphatic carbocycles. The molecule has 110 valence electrons. The number of sulfonamides is 1. The van der Waals surface area contributed by atoms with Crippen molar-refractivity contribution < 1.29 is 37.4 Å². The van der Waals surface area contributed by atoms with Gasteiger partial charge in [0.25, 0.3) is 0 Å². The zero-order valence-electron chi connectivity index (χ0n) is 10.4. The molecule has 0 radical (unpaired) electrons. The highest BCUT2D eigenvalue weighted by Crippen LogP contribution is 2.00. The molecule has 0 saturated carbocycles. The van der Waals surface area contributed by atoms with Crippen molar-refractivity contribution in [3.8, 4) is 0 Å². The van der Waals surface area contributed by atoms with E-state index in [0.717, 1.165) is 14.2 Å². The monoisotopic (exact) mass is 297 g/mol. The molecule has 1 atom stereocenters. The fourth-order valence-electron chi connectivity index (χ4n) is 1.02. The van der Waals surface area contributed by atoms with Crippen molar-refractivity contribution in [3.63, 3.8) is 0 Å². The number of carboxylic acid groups (broad SMARTS) is 1. The average Bonchev–Trinajstić information content (AvgIpc) is 2.34. The molecule has 0 fully saturated rings. The number of carbonyl (C=O) groups is 3. The molecule has 0 aliphatic rings. The number of nitrogens with one attached hydrogen (secondary N) is 1. The van der Waals surface area contributed by atoms with E-state index in [1.54, 1.807) is 4.72 Å². The van der Waals surface area contributed by atoms with Crippen LogP contribution in [0.1, 0.15) is 12.8 Å². The third kappa shape index (κ3) is 7.36. The Morgan fingerprint density at radius 3 is 2.11 bits per heavy atom. The van der Waals surface area contributed by atoms with Gasteiger partial charge in [-0.2, -0.15) is 0 Å². The molecule has 9 nitrogen and oxygen atoms in total. The zero-order chi connectivity index (χ0) is 15.1. The third-order valence-corrected chi connectivity index (χ3v) is 3.41. The molecule has 0 aromatic heterocycles. The number of carboxylic acids is 1. The second kappa shape index (κ2) is 7.69. The minimum absolute atomic E-state index is 0.420. The predicted octanol–water partition coefficient (Wildman–Crippen LogP) is -1.51. The van der Waals surface area contributed by atoms with Crippen LogP contribution in [0.25, 0.3) is 0 Å². The molecule has 0 aromatic rings. The molecule has 0 aromatic carbocycles. The van der Waals surface area contributed by atoms with Crippen molar-refractivity contribution in [2.75, 3.05) is 20.0 Å². The lowest BCUT2D eigenvalue weighted by Gasteiger charge is -2.13. The number of aliphatic carboxylic acids is 1. The van der Waals surface area contributed by atoms with Crippen LogP contribution in [0.2, 0.25) is 0 Å². The van der Waals surface area contributed by atoms with E-state index in [9.17, 15) is 22.8 Å². The van der Waals surface area contributed by atoms with Gasteiger partial charge in [-0.25, -0.2) is 13.1 Å². The molecule has 0 rings (SSSR count). The maximum absolute atomic E-state index is 11.5. The van der Waals surface area contributed by atoms with E-state index in [2.05, 4.69) is 9.47 Å². The first kappa shape index (κ1) is 17.3.